The van der Waals surface area contributed by atoms with Crippen molar-refractivity contribution in [2.24, 2.45) is 5.92 Å². The number of rotatable bonds is 2. The second kappa shape index (κ2) is 4.77. The fourth-order valence-electron chi connectivity index (χ4n) is 2.57. The van der Waals surface area contributed by atoms with Gasteiger partial charge >= 0.3 is 6.18 Å². The Labute approximate surface area is 114 Å². The maximum absolute atomic E-state index is 13.0. The largest absolute Gasteiger partial charge is 0.396 e. The highest BCUT2D eigenvalue weighted by Gasteiger charge is 2.43. The van der Waals surface area contributed by atoms with Crippen LogP contribution in [0.5, 0.6) is 0 Å². The molecule has 2 N–H and O–H groups in total. The summed E-state index contributed by atoms with van der Waals surface area (Å²) in [6.07, 6.45) is -2.55. The fourth-order valence-corrected chi connectivity index (χ4v) is 2.57. The molecule has 0 aromatic heterocycles. The molecular formula is C14H15F3N2O. The molecule has 1 heterocycles. The maximum atomic E-state index is 13.0. The van der Waals surface area contributed by atoms with Crippen LogP contribution in [0, 0.1) is 5.92 Å². The van der Waals surface area contributed by atoms with Crippen LogP contribution in [-0.4, -0.2) is 18.6 Å². The Morgan fingerprint density at radius 3 is 2.70 bits per heavy atom. The summed E-state index contributed by atoms with van der Waals surface area (Å²) in [6, 6.07) is 4.74. The number of carbonyl (C=O) groups excluding carboxylic acids is 1. The normalized spacial score (nSPS) is 22.2. The van der Waals surface area contributed by atoms with Crippen LogP contribution < -0.4 is 10.6 Å². The van der Waals surface area contributed by atoms with E-state index in [0.29, 0.717) is 17.8 Å². The molecule has 0 radical (unpaired) electrons. The van der Waals surface area contributed by atoms with E-state index in [1.165, 1.54) is 6.07 Å². The third kappa shape index (κ3) is 2.52. The van der Waals surface area contributed by atoms with Crippen molar-refractivity contribution >= 4 is 11.6 Å². The maximum Gasteiger partial charge on any atom is 0.396 e. The minimum Gasteiger partial charge on any atom is -0.326 e. The molecule has 2 aliphatic rings. The highest BCUT2D eigenvalue weighted by Crippen LogP contribution is 2.40. The first-order chi connectivity index (χ1) is 9.47. The third-order valence-corrected chi connectivity index (χ3v) is 3.84. The zero-order valence-electron chi connectivity index (χ0n) is 10.8. The molecule has 3 rings (SSSR count). The SMILES string of the molecule is O=C(Nc1cccc2c1CNCC2C(F)(F)F)C1CC1. The number of halogens is 3. The van der Waals surface area contributed by atoms with E-state index in [1.807, 2.05) is 0 Å². The monoisotopic (exact) mass is 284 g/mol. The predicted molar refractivity (Wildman–Crippen MR) is 68.3 cm³/mol. The summed E-state index contributed by atoms with van der Waals surface area (Å²) in [5, 5.41) is 5.54. The third-order valence-electron chi connectivity index (χ3n) is 3.84. The zero-order valence-corrected chi connectivity index (χ0v) is 10.8. The van der Waals surface area contributed by atoms with E-state index in [9.17, 15) is 18.0 Å². The minimum absolute atomic E-state index is 0.0285. The van der Waals surface area contributed by atoms with Gasteiger partial charge < -0.3 is 10.6 Å². The van der Waals surface area contributed by atoms with Gasteiger partial charge in [0.15, 0.2) is 0 Å². The Morgan fingerprint density at radius 2 is 2.05 bits per heavy atom. The highest BCUT2D eigenvalue weighted by molar-refractivity contribution is 5.94. The van der Waals surface area contributed by atoms with Crippen molar-refractivity contribution < 1.29 is 18.0 Å². The lowest BCUT2D eigenvalue weighted by Gasteiger charge is -2.29. The first-order valence-corrected chi connectivity index (χ1v) is 6.67. The first-order valence-electron chi connectivity index (χ1n) is 6.67. The molecule has 20 heavy (non-hydrogen) atoms. The number of hydrogen-bond donors (Lipinski definition) is 2. The Hall–Kier alpha value is -1.56. The van der Waals surface area contributed by atoms with Gasteiger partial charge in [-0.25, -0.2) is 0 Å². The van der Waals surface area contributed by atoms with Crippen LogP contribution in [0.4, 0.5) is 18.9 Å². The number of amides is 1. The molecule has 1 saturated carbocycles. The molecule has 3 nitrogen and oxygen atoms in total. The van der Waals surface area contributed by atoms with Gasteiger partial charge in [-0.2, -0.15) is 13.2 Å². The summed E-state index contributed by atoms with van der Waals surface area (Å²) in [4.78, 5) is 11.8. The van der Waals surface area contributed by atoms with E-state index >= 15 is 0 Å². The Kier molecular flexibility index (Phi) is 3.20. The number of fused-ring (bicyclic) bond motifs is 1. The fraction of sp³-hybridized carbons (Fsp3) is 0.500. The lowest BCUT2D eigenvalue weighted by Crippen LogP contribution is -2.37. The molecule has 0 saturated heterocycles. The van der Waals surface area contributed by atoms with E-state index in [4.69, 9.17) is 0 Å². The number of alkyl halides is 3. The number of benzene rings is 1. The van der Waals surface area contributed by atoms with Gasteiger partial charge in [0, 0.05) is 24.7 Å². The van der Waals surface area contributed by atoms with E-state index in [-0.39, 0.29) is 23.9 Å². The van der Waals surface area contributed by atoms with Gasteiger partial charge in [0.25, 0.3) is 0 Å². The Morgan fingerprint density at radius 1 is 1.30 bits per heavy atom. The molecule has 1 aromatic carbocycles. The van der Waals surface area contributed by atoms with E-state index in [2.05, 4.69) is 10.6 Å². The molecule has 1 aliphatic heterocycles. The summed E-state index contributed by atoms with van der Waals surface area (Å²) in [6.45, 7) is 0.236. The van der Waals surface area contributed by atoms with Gasteiger partial charge in [-0.3, -0.25) is 4.79 Å². The summed E-state index contributed by atoms with van der Waals surface area (Å²) >= 11 is 0. The molecule has 0 spiro atoms. The van der Waals surface area contributed by atoms with Crippen LogP contribution >= 0.6 is 0 Å². The summed E-state index contributed by atoms with van der Waals surface area (Å²) in [5.41, 5.74) is 1.32. The predicted octanol–water partition coefficient (Wildman–Crippen LogP) is 2.78. The minimum atomic E-state index is -4.28. The van der Waals surface area contributed by atoms with E-state index in [1.54, 1.807) is 12.1 Å². The molecule has 1 atom stereocenters. The van der Waals surface area contributed by atoms with Crippen molar-refractivity contribution in [3.63, 3.8) is 0 Å². The van der Waals surface area contributed by atoms with Crippen LogP contribution in [0.2, 0.25) is 0 Å². The average molecular weight is 284 g/mol. The topological polar surface area (TPSA) is 41.1 Å². The molecule has 1 aliphatic carbocycles. The Balaban J connectivity index is 1.92. The van der Waals surface area contributed by atoms with Crippen molar-refractivity contribution in [3.8, 4) is 0 Å². The van der Waals surface area contributed by atoms with Crippen LogP contribution in [0.25, 0.3) is 0 Å². The van der Waals surface area contributed by atoms with Gasteiger partial charge in [0.05, 0.1) is 5.92 Å². The number of anilines is 1. The molecule has 0 bridgehead atoms. The van der Waals surface area contributed by atoms with E-state index < -0.39 is 12.1 Å². The molecule has 108 valence electrons. The summed E-state index contributed by atoms with van der Waals surface area (Å²) in [5.74, 6) is -1.57. The van der Waals surface area contributed by atoms with Crippen LogP contribution in [0.3, 0.4) is 0 Å². The Bertz CT molecular complexity index is 538. The van der Waals surface area contributed by atoms with Crippen molar-refractivity contribution in [2.45, 2.75) is 31.5 Å². The molecule has 1 amide bonds. The number of carbonyl (C=O) groups is 1. The number of hydrogen-bond acceptors (Lipinski definition) is 2. The molecule has 6 heteroatoms. The van der Waals surface area contributed by atoms with Gasteiger partial charge in [-0.05, 0) is 30.0 Å². The molecule has 1 aromatic rings. The zero-order chi connectivity index (χ0) is 14.3. The van der Waals surface area contributed by atoms with E-state index in [0.717, 1.165) is 12.8 Å². The lowest BCUT2D eigenvalue weighted by atomic mass is 9.89. The van der Waals surface area contributed by atoms with Crippen molar-refractivity contribution in [2.75, 3.05) is 11.9 Å². The molecule has 1 unspecified atom stereocenters. The smallest absolute Gasteiger partial charge is 0.326 e. The highest BCUT2D eigenvalue weighted by atomic mass is 19.4. The van der Waals surface area contributed by atoms with Crippen molar-refractivity contribution in [1.29, 1.82) is 0 Å². The quantitative estimate of drug-likeness (QED) is 0.876. The standard InChI is InChI=1S/C14H15F3N2O/c15-14(16,17)11-7-18-6-10-9(11)2-1-3-12(10)19-13(20)8-4-5-8/h1-3,8,11,18H,4-7H2,(H,19,20). The molecule has 1 fully saturated rings. The average Bonchev–Trinajstić information content (AvgIpc) is 3.21. The van der Waals surface area contributed by atoms with Crippen molar-refractivity contribution in [3.05, 3.63) is 29.3 Å². The van der Waals surface area contributed by atoms with Crippen LogP contribution in [-0.2, 0) is 11.3 Å². The van der Waals surface area contributed by atoms with Crippen molar-refractivity contribution in [1.82, 2.24) is 5.32 Å². The van der Waals surface area contributed by atoms with Gasteiger partial charge in [0.2, 0.25) is 5.91 Å². The van der Waals surface area contributed by atoms with Crippen LogP contribution in [0.1, 0.15) is 29.9 Å². The summed E-state index contributed by atoms with van der Waals surface area (Å²) < 4.78 is 39.1. The van der Waals surface area contributed by atoms with Crippen LogP contribution in [0.15, 0.2) is 18.2 Å². The van der Waals surface area contributed by atoms with Gasteiger partial charge in [0.1, 0.15) is 0 Å². The lowest BCUT2D eigenvalue weighted by molar-refractivity contribution is -0.150. The summed E-state index contributed by atoms with van der Waals surface area (Å²) in [7, 11) is 0. The van der Waals surface area contributed by atoms with Gasteiger partial charge in [-0.1, -0.05) is 12.1 Å². The van der Waals surface area contributed by atoms with Gasteiger partial charge in [-0.15, -0.1) is 0 Å². The molecular weight excluding hydrogens is 269 g/mol. The first kappa shape index (κ1) is 13.4. The second-order valence-corrected chi connectivity index (χ2v) is 5.36. The second-order valence-electron chi connectivity index (χ2n) is 5.36. The number of nitrogens with one attached hydrogen (secondary N) is 2.